The van der Waals surface area contributed by atoms with E-state index in [0.29, 0.717) is 22.7 Å². The molecule has 0 saturated carbocycles. The van der Waals surface area contributed by atoms with Crippen molar-refractivity contribution in [1.82, 2.24) is 5.32 Å². The quantitative estimate of drug-likeness (QED) is 0.776. The number of carbonyl (C=O) groups is 1. The third kappa shape index (κ3) is 2.63. The van der Waals surface area contributed by atoms with Crippen LogP contribution in [0, 0.1) is 6.92 Å². The number of hydrogen-bond donors (Lipinski definition) is 2. The van der Waals surface area contributed by atoms with Gasteiger partial charge in [0.05, 0.1) is 12.1 Å². The van der Waals surface area contributed by atoms with Gasteiger partial charge in [0.1, 0.15) is 29.0 Å². The zero-order valence-corrected chi connectivity index (χ0v) is 12.4. The smallest absolute Gasteiger partial charge is 0.255 e. The van der Waals surface area contributed by atoms with Crippen LogP contribution in [0.3, 0.4) is 0 Å². The Morgan fingerprint density at radius 3 is 2.77 bits per heavy atom. The fourth-order valence-electron chi connectivity index (χ4n) is 2.31. The standard InChI is InChI=1S/C17H17NO4/c1-11-7-8-15(22-11)17(2,20)10-18-16(19)13-9-21-14-6-4-3-5-12(13)14/h3-9,20H,10H2,1-2H3,(H,18,19). The van der Waals surface area contributed by atoms with Gasteiger partial charge in [0.2, 0.25) is 0 Å². The zero-order chi connectivity index (χ0) is 15.7. The summed E-state index contributed by atoms with van der Waals surface area (Å²) in [7, 11) is 0. The van der Waals surface area contributed by atoms with Crippen LogP contribution >= 0.6 is 0 Å². The molecule has 0 radical (unpaired) electrons. The van der Waals surface area contributed by atoms with Gasteiger partial charge >= 0.3 is 0 Å². The number of fused-ring (bicyclic) bond motifs is 1. The molecule has 2 N–H and O–H groups in total. The fourth-order valence-corrected chi connectivity index (χ4v) is 2.31. The number of aryl methyl sites for hydroxylation is 1. The second-order valence-corrected chi connectivity index (χ2v) is 5.51. The van der Waals surface area contributed by atoms with Gasteiger partial charge in [0.15, 0.2) is 0 Å². The number of amides is 1. The molecule has 22 heavy (non-hydrogen) atoms. The highest BCUT2D eigenvalue weighted by Crippen LogP contribution is 2.23. The highest BCUT2D eigenvalue weighted by molar-refractivity contribution is 6.05. The monoisotopic (exact) mass is 299 g/mol. The number of benzene rings is 1. The van der Waals surface area contributed by atoms with E-state index in [2.05, 4.69) is 5.32 Å². The number of nitrogens with one attached hydrogen (secondary N) is 1. The van der Waals surface area contributed by atoms with Crippen LogP contribution in [-0.4, -0.2) is 17.6 Å². The average Bonchev–Trinajstić information content (AvgIpc) is 3.11. The first-order valence-electron chi connectivity index (χ1n) is 7.01. The van der Waals surface area contributed by atoms with Crippen LogP contribution in [0.1, 0.15) is 28.8 Å². The molecule has 0 aliphatic carbocycles. The summed E-state index contributed by atoms with van der Waals surface area (Å²) in [5, 5.41) is 13.9. The predicted octanol–water partition coefficient (Wildman–Crippen LogP) is 2.97. The van der Waals surface area contributed by atoms with Crippen molar-refractivity contribution >= 4 is 16.9 Å². The van der Waals surface area contributed by atoms with Gasteiger partial charge in [-0.15, -0.1) is 0 Å². The Morgan fingerprint density at radius 1 is 1.27 bits per heavy atom. The minimum absolute atomic E-state index is 0.0400. The van der Waals surface area contributed by atoms with E-state index in [4.69, 9.17) is 8.83 Å². The maximum absolute atomic E-state index is 12.3. The van der Waals surface area contributed by atoms with E-state index in [-0.39, 0.29) is 12.5 Å². The van der Waals surface area contributed by atoms with Crippen molar-refractivity contribution in [2.45, 2.75) is 19.4 Å². The van der Waals surface area contributed by atoms with Crippen molar-refractivity contribution < 1.29 is 18.7 Å². The van der Waals surface area contributed by atoms with Gasteiger partial charge < -0.3 is 19.3 Å². The molecule has 1 atom stereocenters. The van der Waals surface area contributed by atoms with Gasteiger partial charge in [0.25, 0.3) is 5.91 Å². The molecule has 1 amide bonds. The summed E-state index contributed by atoms with van der Waals surface area (Å²) in [5.74, 6) is 0.832. The largest absolute Gasteiger partial charge is 0.463 e. The third-order valence-electron chi connectivity index (χ3n) is 3.59. The minimum atomic E-state index is -1.27. The number of para-hydroxylation sites is 1. The lowest BCUT2D eigenvalue weighted by Gasteiger charge is -2.21. The molecule has 0 spiro atoms. The summed E-state index contributed by atoms with van der Waals surface area (Å²) in [6.07, 6.45) is 1.42. The molecule has 5 nitrogen and oxygen atoms in total. The average molecular weight is 299 g/mol. The Bertz CT molecular complexity index is 813. The molecular formula is C17H17NO4. The molecule has 3 aromatic rings. The Hall–Kier alpha value is -2.53. The highest BCUT2D eigenvalue weighted by atomic mass is 16.4. The Morgan fingerprint density at radius 2 is 2.05 bits per heavy atom. The maximum atomic E-state index is 12.3. The maximum Gasteiger partial charge on any atom is 0.255 e. The number of aliphatic hydroxyl groups is 1. The molecule has 0 saturated heterocycles. The highest BCUT2D eigenvalue weighted by Gasteiger charge is 2.28. The minimum Gasteiger partial charge on any atom is -0.463 e. The van der Waals surface area contributed by atoms with Crippen LogP contribution in [0.15, 0.2) is 51.5 Å². The van der Waals surface area contributed by atoms with E-state index in [0.717, 1.165) is 5.39 Å². The fraction of sp³-hybridized carbons (Fsp3) is 0.235. The summed E-state index contributed by atoms with van der Waals surface area (Å²) in [5.41, 5.74) is -0.174. The second kappa shape index (κ2) is 5.35. The van der Waals surface area contributed by atoms with Crippen LogP contribution in [0.2, 0.25) is 0 Å². The van der Waals surface area contributed by atoms with E-state index < -0.39 is 5.60 Å². The van der Waals surface area contributed by atoms with Crippen LogP contribution in [0.25, 0.3) is 11.0 Å². The van der Waals surface area contributed by atoms with Crippen molar-refractivity contribution in [3.05, 3.63) is 59.7 Å². The van der Waals surface area contributed by atoms with Crippen molar-refractivity contribution in [1.29, 1.82) is 0 Å². The molecule has 0 fully saturated rings. The summed E-state index contributed by atoms with van der Waals surface area (Å²) in [6.45, 7) is 3.44. The molecule has 0 aliphatic rings. The molecule has 2 aromatic heterocycles. The van der Waals surface area contributed by atoms with E-state index in [1.807, 2.05) is 18.2 Å². The van der Waals surface area contributed by atoms with Crippen LogP contribution in [0.5, 0.6) is 0 Å². The van der Waals surface area contributed by atoms with Gasteiger partial charge in [0, 0.05) is 5.39 Å². The number of hydrogen-bond acceptors (Lipinski definition) is 4. The lowest BCUT2D eigenvalue weighted by molar-refractivity contribution is 0.0323. The van der Waals surface area contributed by atoms with Gasteiger partial charge in [-0.2, -0.15) is 0 Å². The Kier molecular flexibility index (Phi) is 3.50. The first-order valence-corrected chi connectivity index (χ1v) is 7.01. The summed E-state index contributed by atoms with van der Waals surface area (Å²) < 4.78 is 10.8. The number of carbonyl (C=O) groups excluding carboxylic acids is 1. The van der Waals surface area contributed by atoms with Crippen molar-refractivity contribution in [3.8, 4) is 0 Å². The SMILES string of the molecule is Cc1ccc(C(C)(O)CNC(=O)c2coc3ccccc23)o1. The molecule has 2 heterocycles. The van der Waals surface area contributed by atoms with E-state index in [1.165, 1.54) is 6.26 Å². The van der Waals surface area contributed by atoms with Crippen LogP contribution in [0.4, 0.5) is 0 Å². The molecule has 3 rings (SSSR count). The number of rotatable bonds is 4. The number of furan rings is 2. The van der Waals surface area contributed by atoms with E-state index in [1.54, 1.807) is 32.0 Å². The van der Waals surface area contributed by atoms with Gasteiger partial charge in [-0.25, -0.2) is 0 Å². The molecule has 1 aromatic carbocycles. The lowest BCUT2D eigenvalue weighted by Crippen LogP contribution is -2.38. The molecule has 1 unspecified atom stereocenters. The summed E-state index contributed by atoms with van der Waals surface area (Å²) in [4.78, 5) is 12.3. The molecule has 5 heteroatoms. The lowest BCUT2D eigenvalue weighted by atomic mass is 10.0. The van der Waals surface area contributed by atoms with Gasteiger partial charge in [-0.1, -0.05) is 18.2 Å². The van der Waals surface area contributed by atoms with Gasteiger partial charge in [-0.3, -0.25) is 4.79 Å². The molecular weight excluding hydrogens is 282 g/mol. The Balaban J connectivity index is 1.75. The predicted molar refractivity (Wildman–Crippen MR) is 81.6 cm³/mol. The molecule has 114 valence electrons. The van der Waals surface area contributed by atoms with Crippen molar-refractivity contribution in [3.63, 3.8) is 0 Å². The topological polar surface area (TPSA) is 75.6 Å². The normalized spacial score (nSPS) is 14.0. The van der Waals surface area contributed by atoms with E-state index >= 15 is 0 Å². The first kappa shape index (κ1) is 14.4. The van der Waals surface area contributed by atoms with Crippen molar-refractivity contribution in [2.24, 2.45) is 0 Å². The molecule has 0 aliphatic heterocycles. The van der Waals surface area contributed by atoms with Crippen LogP contribution < -0.4 is 5.32 Å². The zero-order valence-electron chi connectivity index (χ0n) is 12.4. The first-order chi connectivity index (χ1) is 10.5. The van der Waals surface area contributed by atoms with Gasteiger partial charge in [-0.05, 0) is 32.0 Å². The van der Waals surface area contributed by atoms with E-state index in [9.17, 15) is 9.90 Å². The molecule has 0 bridgehead atoms. The van der Waals surface area contributed by atoms with Crippen LogP contribution in [-0.2, 0) is 5.60 Å². The third-order valence-corrected chi connectivity index (χ3v) is 3.59. The second-order valence-electron chi connectivity index (χ2n) is 5.51. The Labute approximate surface area is 127 Å². The summed E-state index contributed by atoms with van der Waals surface area (Å²) >= 11 is 0. The summed E-state index contributed by atoms with van der Waals surface area (Å²) in [6, 6.07) is 10.8. The van der Waals surface area contributed by atoms with Crippen molar-refractivity contribution in [2.75, 3.05) is 6.54 Å².